The van der Waals surface area contributed by atoms with Crippen molar-refractivity contribution in [1.82, 2.24) is 5.32 Å². The molecule has 0 aromatic heterocycles. The summed E-state index contributed by atoms with van der Waals surface area (Å²) in [4.78, 5) is 11.2. The molecule has 0 saturated heterocycles. The Morgan fingerprint density at radius 1 is 1.25 bits per heavy atom. The molecule has 0 saturated carbocycles. The second-order valence-electron chi connectivity index (χ2n) is 5.15. The molecule has 0 aliphatic carbocycles. The van der Waals surface area contributed by atoms with Gasteiger partial charge in [-0.2, -0.15) is 0 Å². The summed E-state index contributed by atoms with van der Waals surface area (Å²) in [6.45, 7) is 7.65. The fourth-order valence-corrected chi connectivity index (χ4v) is 2.31. The number of esters is 1. The van der Waals surface area contributed by atoms with E-state index in [0.717, 1.165) is 25.8 Å². The summed E-state index contributed by atoms with van der Waals surface area (Å²) in [6.07, 6.45) is 3.61. The molecule has 0 aliphatic heterocycles. The van der Waals surface area contributed by atoms with Crippen molar-refractivity contribution < 1.29 is 9.53 Å². The van der Waals surface area contributed by atoms with Crippen LogP contribution in [0.25, 0.3) is 0 Å². The summed E-state index contributed by atoms with van der Waals surface area (Å²) in [5.41, 5.74) is 2.69. The quantitative estimate of drug-likeness (QED) is 0.551. The van der Waals surface area contributed by atoms with Gasteiger partial charge in [-0.25, -0.2) is 0 Å². The predicted molar refractivity (Wildman–Crippen MR) is 82.7 cm³/mol. The number of hydrogen-bond donors (Lipinski definition) is 1. The van der Waals surface area contributed by atoms with E-state index < -0.39 is 0 Å². The van der Waals surface area contributed by atoms with Gasteiger partial charge in [-0.1, -0.05) is 30.7 Å². The van der Waals surface area contributed by atoms with Gasteiger partial charge < -0.3 is 10.1 Å². The average molecular weight is 277 g/mol. The third-order valence-corrected chi connectivity index (χ3v) is 3.47. The maximum atomic E-state index is 11.2. The number of hydrogen-bond acceptors (Lipinski definition) is 3. The Bertz CT molecular complexity index is 404. The van der Waals surface area contributed by atoms with E-state index in [1.165, 1.54) is 11.1 Å². The van der Waals surface area contributed by atoms with Crippen molar-refractivity contribution in [2.45, 2.75) is 52.5 Å². The van der Waals surface area contributed by atoms with Crippen LogP contribution >= 0.6 is 0 Å². The van der Waals surface area contributed by atoms with Crippen LogP contribution in [-0.2, 0) is 9.53 Å². The van der Waals surface area contributed by atoms with Crippen molar-refractivity contribution in [3.63, 3.8) is 0 Å². The molecule has 1 aromatic rings. The van der Waals surface area contributed by atoms with Crippen molar-refractivity contribution in [2.24, 2.45) is 0 Å². The van der Waals surface area contributed by atoms with Crippen LogP contribution in [0.3, 0.4) is 0 Å². The van der Waals surface area contributed by atoms with E-state index in [1.807, 2.05) is 6.92 Å². The van der Waals surface area contributed by atoms with E-state index in [2.05, 4.69) is 43.4 Å². The van der Waals surface area contributed by atoms with Crippen molar-refractivity contribution in [2.75, 3.05) is 13.2 Å². The molecule has 0 fully saturated rings. The maximum Gasteiger partial charge on any atom is 0.305 e. The number of rotatable bonds is 9. The Balaban J connectivity index is 2.12. The van der Waals surface area contributed by atoms with Gasteiger partial charge in [-0.15, -0.1) is 0 Å². The smallest absolute Gasteiger partial charge is 0.305 e. The number of benzene rings is 1. The van der Waals surface area contributed by atoms with Gasteiger partial charge in [-0.05, 0) is 51.3 Å². The third kappa shape index (κ3) is 6.20. The molecule has 0 spiro atoms. The maximum absolute atomic E-state index is 11.2. The SMILES string of the molecule is CCOC(=O)CCCCCNC(C)c1ccccc1C. The Kier molecular flexibility index (Phi) is 7.97. The second kappa shape index (κ2) is 9.54. The standard InChI is InChI=1S/C17H27NO2/c1-4-20-17(19)12-6-5-9-13-18-15(3)16-11-8-7-10-14(16)2/h7-8,10-11,15,18H,4-6,9,12-13H2,1-3H3. The zero-order chi connectivity index (χ0) is 14.8. The topological polar surface area (TPSA) is 38.3 Å². The molecule has 3 nitrogen and oxygen atoms in total. The van der Waals surface area contributed by atoms with Crippen molar-refractivity contribution in [3.05, 3.63) is 35.4 Å². The molecule has 0 radical (unpaired) electrons. The van der Waals surface area contributed by atoms with Crippen molar-refractivity contribution >= 4 is 5.97 Å². The summed E-state index contributed by atoms with van der Waals surface area (Å²) in [5, 5.41) is 3.54. The molecule has 1 unspecified atom stereocenters. The number of carbonyl (C=O) groups excluding carboxylic acids is 1. The number of ether oxygens (including phenoxy) is 1. The van der Waals surface area contributed by atoms with Crippen LogP contribution in [-0.4, -0.2) is 19.1 Å². The van der Waals surface area contributed by atoms with Crippen LogP contribution in [0.1, 0.15) is 56.7 Å². The lowest BCUT2D eigenvalue weighted by molar-refractivity contribution is -0.143. The second-order valence-corrected chi connectivity index (χ2v) is 5.15. The first-order valence-corrected chi connectivity index (χ1v) is 7.59. The molecular formula is C17H27NO2. The molecule has 0 amide bonds. The molecule has 3 heteroatoms. The van der Waals surface area contributed by atoms with E-state index in [9.17, 15) is 4.79 Å². The molecule has 112 valence electrons. The van der Waals surface area contributed by atoms with E-state index in [4.69, 9.17) is 4.74 Å². The zero-order valence-corrected chi connectivity index (χ0v) is 12.9. The Labute approximate surface area is 122 Å². The summed E-state index contributed by atoms with van der Waals surface area (Å²) in [5.74, 6) is -0.0752. The van der Waals surface area contributed by atoms with Gasteiger partial charge in [0.2, 0.25) is 0 Å². The average Bonchev–Trinajstić information content (AvgIpc) is 2.43. The molecule has 1 N–H and O–H groups in total. The third-order valence-electron chi connectivity index (χ3n) is 3.47. The summed E-state index contributed by atoms with van der Waals surface area (Å²) < 4.78 is 4.90. The number of unbranched alkanes of at least 4 members (excludes halogenated alkanes) is 2. The highest BCUT2D eigenvalue weighted by Gasteiger charge is 2.06. The predicted octanol–water partition coefficient (Wildman–Crippen LogP) is 3.77. The first kappa shape index (κ1) is 16.7. The minimum Gasteiger partial charge on any atom is -0.466 e. The van der Waals surface area contributed by atoms with Crippen molar-refractivity contribution in [1.29, 1.82) is 0 Å². The Hall–Kier alpha value is -1.35. The van der Waals surface area contributed by atoms with Gasteiger partial charge in [0, 0.05) is 12.5 Å². The number of aryl methyl sites for hydroxylation is 1. The molecule has 1 atom stereocenters. The largest absolute Gasteiger partial charge is 0.466 e. The first-order valence-electron chi connectivity index (χ1n) is 7.59. The zero-order valence-electron chi connectivity index (χ0n) is 12.9. The highest BCUT2D eigenvalue weighted by molar-refractivity contribution is 5.69. The minimum absolute atomic E-state index is 0.0752. The molecule has 20 heavy (non-hydrogen) atoms. The van der Waals surface area contributed by atoms with E-state index >= 15 is 0 Å². The fourth-order valence-electron chi connectivity index (χ4n) is 2.31. The monoisotopic (exact) mass is 277 g/mol. The van der Waals surface area contributed by atoms with Crippen LogP contribution in [0.4, 0.5) is 0 Å². The summed E-state index contributed by atoms with van der Waals surface area (Å²) in [6, 6.07) is 8.85. The Morgan fingerprint density at radius 2 is 2.00 bits per heavy atom. The van der Waals surface area contributed by atoms with Gasteiger partial charge >= 0.3 is 5.97 Å². The first-order chi connectivity index (χ1) is 9.65. The molecule has 1 rings (SSSR count). The van der Waals surface area contributed by atoms with Gasteiger partial charge in [0.25, 0.3) is 0 Å². The summed E-state index contributed by atoms with van der Waals surface area (Å²) >= 11 is 0. The fraction of sp³-hybridized carbons (Fsp3) is 0.588. The minimum atomic E-state index is -0.0752. The van der Waals surface area contributed by atoms with Crippen LogP contribution in [0.15, 0.2) is 24.3 Å². The summed E-state index contributed by atoms with van der Waals surface area (Å²) in [7, 11) is 0. The van der Waals surface area contributed by atoms with E-state index in [-0.39, 0.29) is 5.97 Å². The van der Waals surface area contributed by atoms with Crippen LogP contribution < -0.4 is 5.32 Å². The lowest BCUT2D eigenvalue weighted by atomic mass is 10.0. The molecule has 0 bridgehead atoms. The van der Waals surface area contributed by atoms with E-state index in [1.54, 1.807) is 0 Å². The van der Waals surface area contributed by atoms with Gasteiger partial charge in [0.15, 0.2) is 0 Å². The molecular weight excluding hydrogens is 250 g/mol. The van der Waals surface area contributed by atoms with Crippen LogP contribution in [0.2, 0.25) is 0 Å². The van der Waals surface area contributed by atoms with Gasteiger partial charge in [-0.3, -0.25) is 4.79 Å². The van der Waals surface area contributed by atoms with Crippen LogP contribution in [0.5, 0.6) is 0 Å². The van der Waals surface area contributed by atoms with E-state index in [0.29, 0.717) is 19.1 Å². The highest BCUT2D eigenvalue weighted by Crippen LogP contribution is 2.16. The lowest BCUT2D eigenvalue weighted by Crippen LogP contribution is -2.20. The lowest BCUT2D eigenvalue weighted by Gasteiger charge is -2.16. The van der Waals surface area contributed by atoms with Gasteiger partial charge in [0.1, 0.15) is 0 Å². The molecule has 1 aromatic carbocycles. The normalized spacial score (nSPS) is 12.2. The molecule has 0 heterocycles. The Morgan fingerprint density at radius 3 is 2.70 bits per heavy atom. The number of carbonyl (C=O) groups is 1. The highest BCUT2D eigenvalue weighted by atomic mass is 16.5. The number of nitrogens with one attached hydrogen (secondary N) is 1. The molecule has 0 aliphatic rings. The van der Waals surface area contributed by atoms with Crippen LogP contribution in [0, 0.1) is 6.92 Å². The van der Waals surface area contributed by atoms with Gasteiger partial charge in [0.05, 0.1) is 6.61 Å². The van der Waals surface area contributed by atoms with Crippen molar-refractivity contribution in [3.8, 4) is 0 Å².